The molecule has 140 valence electrons. The lowest BCUT2D eigenvalue weighted by Crippen LogP contribution is -2.33. The van der Waals surface area contributed by atoms with Crippen LogP contribution < -0.4 is 10.0 Å². The molecule has 1 heterocycles. The van der Waals surface area contributed by atoms with E-state index in [4.69, 9.17) is 11.6 Å². The van der Waals surface area contributed by atoms with E-state index in [-0.39, 0.29) is 22.1 Å². The van der Waals surface area contributed by atoms with Crippen LogP contribution in [0.3, 0.4) is 0 Å². The highest BCUT2D eigenvalue weighted by Crippen LogP contribution is 2.20. The van der Waals surface area contributed by atoms with Gasteiger partial charge in [-0.15, -0.1) is 0 Å². The summed E-state index contributed by atoms with van der Waals surface area (Å²) in [6.07, 6.45) is 1.26. The van der Waals surface area contributed by atoms with Crippen LogP contribution in [0.2, 0.25) is 5.02 Å². The van der Waals surface area contributed by atoms with Gasteiger partial charge in [0.25, 0.3) is 5.91 Å². The minimum absolute atomic E-state index is 0.0703. The first-order chi connectivity index (χ1) is 12.0. The molecule has 2 rings (SSSR count). The van der Waals surface area contributed by atoms with Crippen LogP contribution in [0.25, 0.3) is 0 Å². The number of rotatable bonds is 6. The summed E-state index contributed by atoms with van der Waals surface area (Å²) in [5.41, 5.74) is -1.02. The Morgan fingerprint density at radius 3 is 2.62 bits per heavy atom. The largest absolute Gasteiger partial charge is 0.389 e. The summed E-state index contributed by atoms with van der Waals surface area (Å²) in [5, 5.41) is 12.0. The zero-order valence-corrected chi connectivity index (χ0v) is 15.5. The minimum Gasteiger partial charge on any atom is -0.389 e. The molecule has 1 amide bonds. The Balaban J connectivity index is 2.15. The van der Waals surface area contributed by atoms with E-state index in [0.29, 0.717) is 0 Å². The molecular weight excluding hydrogens is 385 g/mol. The van der Waals surface area contributed by atoms with Crippen molar-refractivity contribution in [2.75, 3.05) is 15.8 Å². The first kappa shape index (κ1) is 20.1. The number of sulfonamides is 1. The second-order valence-corrected chi connectivity index (χ2v) is 8.32. The smallest absolute Gasteiger partial charge is 0.255 e. The van der Waals surface area contributed by atoms with Gasteiger partial charge in [0.1, 0.15) is 11.6 Å². The molecule has 0 fully saturated rings. The van der Waals surface area contributed by atoms with Crippen molar-refractivity contribution in [3.05, 3.63) is 52.9 Å². The molecule has 0 spiro atoms. The third kappa shape index (κ3) is 5.94. The summed E-state index contributed by atoms with van der Waals surface area (Å²) in [7, 11) is -3.86. The number of nitrogens with zero attached hydrogens (tertiary/aromatic N) is 1. The summed E-state index contributed by atoms with van der Waals surface area (Å²) < 4.78 is 39.3. The number of carbonyl (C=O) groups excluding carboxylic acids is 1. The Bertz CT molecular complexity index is 929. The molecule has 0 saturated carbocycles. The van der Waals surface area contributed by atoms with Crippen LogP contribution in [0.1, 0.15) is 24.2 Å². The highest BCUT2D eigenvalue weighted by molar-refractivity contribution is 7.92. The molecule has 2 aromatic rings. The predicted octanol–water partition coefficient (Wildman–Crippen LogP) is 2.64. The molecule has 3 N–H and O–H groups in total. The Hall–Kier alpha value is -2.23. The quantitative estimate of drug-likeness (QED) is 0.689. The molecule has 26 heavy (non-hydrogen) atoms. The normalized spacial score (nSPS) is 11.9. The van der Waals surface area contributed by atoms with Crippen molar-refractivity contribution >= 4 is 39.0 Å². The number of aliphatic hydroxyl groups is 1. The van der Waals surface area contributed by atoms with Crippen molar-refractivity contribution in [3.8, 4) is 0 Å². The van der Waals surface area contributed by atoms with Crippen molar-refractivity contribution in [2.24, 2.45) is 0 Å². The Morgan fingerprint density at radius 1 is 1.31 bits per heavy atom. The first-order valence-electron chi connectivity index (χ1n) is 7.40. The van der Waals surface area contributed by atoms with E-state index in [0.717, 1.165) is 6.07 Å². The molecule has 0 atom stereocenters. The van der Waals surface area contributed by atoms with E-state index in [2.05, 4.69) is 15.0 Å². The fourth-order valence-corrected chi connectivity index (χ4v) is 3.68. The topological polar surface area (TPSA) is 108 Å². The maximum atomic E-state index is 13.2. The summed E-state index contributed by atoms with van der Waals surface area (Å²) in [6, 6.07) is 6.33. The van der Waals surface area contributed by atoms with Gasteiger partial charge in [-0.3, -0.25) is 9.52 Å². The molecule has 1 aromatic heterocycles. The van der Waals surface area contributed by atoms with Crippen molar-refractivity contribution in [3.63, 3.8) is 0 Å². The number of nitrogens with one attached hydrogen (secondary N) is 2. The number of amides is 1. The number of anilines is 2. The van der Waals surface area contributed by atoms with E-state index < -0.39 is 33.1 Å². The van der Waals surface area contributed by atoms with Crippen LogP contribution in [0.4, 0.5) is 15.9 Å². The minimum atomic E-state index is -3.86. The van der Waals surface area contributed by atoms with E-state index in [1.54, 1.807) is 0 Å². The third-order valence-electron chi connectivity index (χ3n) is 3.00. The van der Waals surface area contributed by atoms with Crippen molar-refractivity contribution in [1.29, 1.82) is 0 Å². The Labute approximate surface area is 155 Å². The molecule has 0 radical (unpaired) electrons. The molecule has 10 heteroatoms. The summed E-state index contributed by atoms with van der Waals surface area (Å²) in [5.74, 6) is -1.78. The number of hydrogen-bond donors (Lipinski definition) is 3. The second-order valence-electron chi connectivity index (χ2n) is 6.19. The van der Waals surface area contributed by atoms with Gasteiger partial charge in [0.2, 0.25) is 10.0 Å². The highest BCUT2D eigenvalue weighted by atomic mass is 35.5. The number of pyridine rings is 1. The van der Waals surface area contributed by atoms with Crippen molar-refractivity contribution in [1.82, 2.24) is 4.98 Å². The van der Waals surface area contributed by atoms with Gasteiger partial charge in [-0.2, -0.15) is 0 Å². The van der Waals surface area contributed by atoms with E-state index in [9.17, 15) is 22.7 Å². The van der Waals surface area contributed by atoms with Crippen molar-refractivity contribution in [2.45, 2.75) is 19.4 Å². The lowest BCUT2D eigenvalue weighted by molar-refractivity contribution is 0.102. The zero-order valence-electron chi connectivity index (χ0n) is 14.0. The Morgan fingerprint density at radius 2 is 2.00 bits per heavy atom. The summed E-state index contributed by atoms with van der Waals surface area (Å²) in [4.78, 5) is 16.1. The molecule has 0 aliphatic rings. The fourth-order valence-electron chi connectivity index (χ4n) is 2.07. The van der Waals surface area contributed by atoms with Gasteiger partial charge in [0.15, 0.2) is 0 Å². The third-order valence-corrected chi connectivity index (χ3v) is 4.90. The van der Waals surface area contributed by atoms with Gasteiger partial charge < -0.3 is 10.4 Å². The maximum Gasteiger partial charge on any atom is 0.255 e. The standard InChI is InChI=1S/C16H17ClFN3O4S/c1-16(2,23)9-26(24,25)21-14-7-10(5-6-19-14)15(22)20-11-3-4-13(18)12(17)8-11/h3-8,23H,9H2,1-2H3,(H,19,21)(H,20,22). The number of hydrogen-bond acceptors (Lipinski definition) is 5. The average Bonchev–Trinajstić information content (AvgIpc) is 2.48. The molecular formula is C16H17ClFN3O4S. The number of benzene rings is 1. The van der Waals surface area contributed by atoms with Gasteiger partial charge in [0, 0.05) is 17.4 Å². The molecule has 0 saturated heterocycles. The van der Waals surface area contributed by atoms with Gasteiger partial charge in [0.05, 0.1) is 16.4 Å². The van der Waals surface area contributed by atoms with E-state index in [1.807, 2.05) is 0 Å². The summed E-state index contributed by atoms with van der Waals surface area (Å²) >= 11 is 5.66. The van der Waals surface area contributed by atoms with Crippen LogP contribution in [0, 0.1) is 5.82 Å². The summed E-state index contributed by atoms with van der Waals surface area (Å²) in [6.45, 7) is 2.72. The molecule has 0 aliphatic heterocycles. The van der Waals surface area contributed by atoms with Gasteiger partial charge in [-0.25, -0.2) is 17.8 Å². The number of halogens is 2. The van der Waals surface area contributed by atoms with E-state index in [1.165, 1.54) is 44.3 Å². The number of aromatic nitrogens is 1. The molecule has 0 unspecified atom stereocenters. The predicted molar refractivity (Wildman–Crippen MR) is 97.3 cm³/mol. The lowest BCUT2D eigenvalue weighted by atomic mass is 10.2. The zero-order chi connectivity index (χ0) is 19.5. The van der Waals surface area contributed by atoms with Crippen LogP contribution in [0.15, 0.2) is 36.5 Å². The molecule has 0 bridgehead atoms. The monoisotopic (exact) mass is 401 g/mol. The number of carbonyl (C=O) groups is 1. The van der Waals surface area contributed by atoms with Crippen LogP contribution in [-0.4, -0.2) is 35.8 Å². The van der Waals surface area contributed by atoms with E-state index >= 15 is 0 Å². The first-order valence-corrected chi connectivity index (χ1v) is 9.43. The van der Waals surface area contributed by atoms with Gasteiger partial charge in [-0.1, -0.05) is 11.6 Å². The average molecular weight is 402 g/mol. The Kier molecular flexibility index (Phi) is 5.84. The highest BCUT2D eigenvalue weighted by Gasteiger charge is 2.24. The SMILES string of the molecule is CC(C)(O)CS(=O)(=O)Nc1cc(C(=O)Nc2ccc(F)c(Cl)c2)ccn1. The second kappa shape index (κ2) is 7.56. The van der Waals surface area contributed by atoms with Gasteiger partial charge in [-0.05, 0) is 44.2 Å². The van der Waals surface area contributed by atoms with Crippen molar-refractivity contribution < 1.29 is 22.7 Å². The molecule has 7 nitrogen and oxygen atoms in total. The van der Waals surface area contributed by atoms with Gasteiger partial charge >= 0.3 is 0 Å². The fraction of sp³-hybridized carbons (Fsp3) is 0.250. The van der Waals surface area contributed by atoms with Crippen LogP contribution >= 0.6 is 11.6 Å². The van der Waals surface area contributed by atoms with Crippen LogP contribution in [-0.2, 0) is 10.0 Å². The lowest BCUT2D eigenvalue weighted by Gasteiger charge is -2.17. The van der Waals surface area contributed by atoms with Crippen LogP contribution in [0.5, 0.6) is 0 Å². The molecule has 1 aromatic carbocycles. The molecule has 0 aliphatic carbocycles. The maximum absolute atomic E-state index is 13.2.